The zero-order valence-electron chi connectivity index (χ0n) is 8.07. The Bertz CT molecular complexity index is 533. The van der Waals surface area contributed by atoms with Crippen molar-refractivity contribution in [2.75, 3.05) is 11.5 Å². The fourth-order valence-corrected chi connectivity index (χ4v) is 6.29. The van der Waals surface area contributed by atoms with Crippen LogP contribution in [0.15, 0.2) is 13.6 Å². The Morgan fingerprint density at radius 3 is 2.56 bits per heavy atom. The van der Waals surface area contributed by atoms with Gasteiger partial charge in [0.2, 0.25) is 0 Å². The minimum absolute atomic E-state index is 0.00820. The molecule has 0 saturated carbocycles. The summed E-state index contributed by atoms with van der Waals surface area (Å²) in [6, 6.07) is 1.74. The molecule has 1 aromatic heterocycles. The van der Waals surface area contributed by atoms with Gasteiger partial charge in [0.1, 0.15) is 0 Å². The molecule has 0 amide bonds. The molecule has 1 aliphatic heterocycles. The van der Waals surface area contributed by atoms with Gasteiger partial charge in [0.15, 0.2) is 15.6 Å². The molecule has 1 atom stereocenters. The average molecular weight is 388 g/mol. The van der Waals surface area contributed by atoms with Crippen LogP contribution in [0.2, 0.25) is 0 Å². The van der Waals surface area contributed by atoms with E-state index < -0.39 is 9.84 Å². The van der Waals surface area contributed by atoms with Crippen LogP contribution < -0.4 is 0 Å². The Morgan fingerprint density at radius 2 is 2.12 bits per heavy atom. The Kier molecular flexibility index (Phi) is 3.59. The summed E-state index contributed by atoms with van der Waals surface area (Å²) in [5.74, 6) is -0.323. The van der Waals surface area contributed by atoms with Crippen LogP contribution in [0.1, 0.15) is 16.8 Å². The number of thiophene rings is 1. The first-order valence-corrected chi connectivity index (χ1v) is 8.81. The summed E-state index contributed by atoms with van der Waals surface area (Å²) >= 11 is 8.03. The SMILES string of the molecule is O=C(c1cc(Br)sc1Br)C1CCS(=O)(=O)C1. The van der Waals surface area contributed by atoms with Crippen molar-refractivity contribution in [2.45, 2.75) is 6.42 Å². The standard InChI is InChI=1S/C9H8Br2O3S2/c10-7-3-6(9(11)15-7)8(12)5-1-2-16(13,14)4-5/h3,5H,1-2,4H2. The fraction of sp³-hybridized carbons (Fsp3) is 0.444. The molecule has 0 aromatic carbocycles. The third-order valence-electron chi connectivity index (χ3n) is 2.53. The third-order valence-corrected chi connectivity index (χ3v) is 6.63. The maximum atomic E-state index is 12.1. The van der Waals surface area contributed by atoms with Crippen LogP contribution in [0.4, 0.5) is 0 Å². The minimum Gasteiger partial charge on any atom is -0.294 e. The topological polar surface area (TPSA) is 51.2 Å². The Hall–Kier alpha value is 0.280. The van der Waals surface area contributed by atoms with Crippen LogP contribution >= 0.6 is 43.2 Å². The van der Waals surface area contributed by atoms with Crippen molar-refractivity contribution >= 4 is 58.8 Å². The lowest BCUT2D eigenvalue weighted by Crippen LogP contribution is -2.15. The number of halogens is 2. The van der Waals surface area contributed by atoms with Crippen molar-refractivity contribution in [1.82, 2.24) is 0 Å². The number of ketones is 1. The number of hydrogen-bond acceptors (Lipinski definition) is 4. The van der Waals surface area contributed by atoms with Crippen molar-refractivity contribution in [2.24, 2.45) is 5.92 Å². The molecule has 0 bridgehead atoms. The molecule has 0 aliphatic carbocycles. The van der Waals surface area contributed by atoms with Gasteiger partial charge < -0.3 is 0 Å². The Morgan fingerprint density at radius 1 is 1.44 bits per heavy atom. The molecule has 1 aliphatic rings. The first kappa shape index (κ1) is 12.7. The lowest BCUT2D eigenvalue weighted by molar-refractivity contribution is 0.0933. The van der Waals surface area contributed by atoms with Gasteiger partial charge in [0, 0.05) is 11.5 Å². The molecular weight excluding hydrogens is 380 g/mol. The highest BCUT2D eigenvalue weighted by Gasteiger charge is 2.34. The summed E-state index contributed by atoms with van der Waals surface area (Å²) in [4.78, 5) is 12.1. The van der Waals surface area contributed by atoms with Crippen molar-refractivity contribution in [3.05, 3.63) is 19.2 Å². The van der Waals surface area contributed by atoms with Crippen molar-refractivity contribution in [3.63, 3.8) is 0 Å². The first-order chi connectivity index (χ1) is 7.39. The minimum atomic E-state index is -3.00. The predicted octanol–water partition coefficient (Wildman–Crippen LogP) is 2.89. The summed E-state index contributed by atoms with van der Waals surface area (Å²) in [7, 11) is -3.00. The van der Waals surface area contributed by atoms with Crippen LogP contribution in [-0.4, -0.2) is 25.7 Å². The van der Waals surface area contributed by atoms with Crippen LogP contribution in [0, 0.1) is 5.92 Å². The highest BCUT2D eigenvalue weighted by molar-refractivity contribution is 9.12. The number of rotatable bonds is 2. The quantitative estimate of drug-likeness (QED) is 0.733. The van der Waals surface area contributed by atoms with Gasteiger partial charge >= 0.3 is 0 Å². The summed E-state index contributed by atoms with van der Waals surface area (Å²) in [5.41, 5.74) is 0.582. The zero-order chi connectivity index (χ0) is 11.9. The van der Waals surface area contributed by atoms with E-state index in [2.05, 4.69) is 31.9 Å². The molecule has 7 heteroatoms. The van der Waals surface area contributed by atoms with Crippen LogP contribution in [-0.2, 0) is 9.84 Å². The third kappa shape index (κ3) is 2.57. The van der Waals surface area contributed by atoms with E-state index in [4.69, 9.17) is 0 Å². The monoisotopic (exact) mass is 386 g/mol. The largest absolute Gasteiger partial charge is 0.294 e. The summed E-state index contributed by atoms with van der Waals surface area (Å²) in [6.07, 6.45) is 0.446. The molecule has 2 rings (SSSR count). The molecule has 0 spiro atoms. The molecule has 2 heterocycles. The Balaban J connectivity index is 2.24. The molecular formula is C9H8Br2O3S2. The second kappa shape index (κ2) is 4.51. The van der Waals surface area contributed by atoms with Gasteiger partial charge in [-0.15, -0.1) is 11.3 Å². The smallest absolute Gasteiger partial charge is 0.169 e. The zero-order valence-corrected chi connectivity index (χ0v) is 12.9. The second-order valence-electron chi connectivity index (χ2n) is 3.70. The molecule has 0 radical (unpaired) electrons. The van der Waals surface area contributed by atoms with E-state index in [0.29, 0.717) is 12.0 Å². The van der Waals surface area contributed by atoms with E-state index in [0.717, 1.165) is 7.57 Å². The van der Waals surface area contributed by atoms with E-state index in [1.54, 1.807) is 6.07 Å². The predicted molar refractivity (Wildman–Crippen MR) is 70.8 cm³/mol. The van der Waals surface area contributed by atoms with Crippen molar-refractivity contribution in [1.29, 1.82) is 0 Å². The lowest BCUT2D eigenvalue weighted by Gasteiger charge is -2.04. The van der Waals surface area contributed by atoms with Gasteiger partial charge in [-0.3, -0.25) is 4.79 Å². The Labute approximate surface area is 114 Å². The molecule has 88 valence electrons. The van der Waals surface area contributed by atoms with Gasteiger partial charge in [0.05, 0.1) is 19.1 Å². The lowest BCUT2D eigenvalue weighted by atomic mass is 9.99. The molecule has 1 saturated heterocycles. The fourth-order valence-electron chi connectivity index (χ4n) is 1.73. The second-order valence-corrected chi connectivity index (χ2v) is 9.68. The van der Waals surface area contributed by atoms with E-state index in [-0.39, 0.29) is 23.2 Å². The molecule has 0 N–H and O–H groups in total. The van der Waals surface area contributed by atoms with Crippen molar-refractivity contribution in [3.8, 4) is 0 Å². The summed E-state index contributed by atoms with van der Waals surface area (Å²) < 4.78 is 24.2. The van der Waals surface area contributed by atoms with E-state index >= 15 is 0 Å². The van der Waals surface area contributed by atoms with Crippen molar-refractivity contribution < 1.29 is 13.2 Å². The van der Waals surface area contributed by atoms with Crippen LogP contribution in [0.5, 0.6) is 0 Å². The molecule has 3 nitrogen and oxygen atoms in total. The molecule has 1 unspecified atom stereocenters. The van der Waals surface area contributed by atoms with Gasteiger partial charge in [-0.2, -0.15) is 0 Å². The molecule has 1 fully saturated rings. The average Bonchev–Trinajstić information content (AvgIpc) is 2.68. The molecule has 16 heavy (non-hydrogen) atoms. The van der Waals surface area contributed by atoms with Gasteiger partial charge in [-0.25, -0.2) is 8.42 Å². The van der Waals surface area contributed by atoms with E-state index in [1.165, 1.54) is 11.3 Å². The van der Waals surface area contributed by atoms with E-state index in [9.17, 15) is 13.2 Å². The van der Waals surface area contributed by atoms with E-state index in [1.807, 2.05) is 0 Å². The first-order valence-electron chi connectivity index (χ1n) is 4.58. The maximum absolute atomic E-state index is 12.1. The number of carbonyl (C=O) groups excluding carboxylic acids is 1. The van der Waals surface area contributed by atoms with Crippen LogP contribution in [0.3, 0.4) is 0 Å². The molecule has 1 aromatic rings. The number of sulfone groups is 1. The highest BCUT2D eigenvalue weighted by atomic mass is 79.9. The summed E-state index contributed by atoms with van der Waals surface area (Å²) in [5, 5.41) is 0. The van der Waals surface area contributed by atoms with Crippen LogP contribution in [0.25, 0.3) is 0 Å². The van der Waals surface area contributed by atoms with Gasteiger partial charge in [-0.1, -0.05) is 0 Å². The maximum Gasteiger partial charge on any atom is 0.169 e. The number of carbonyl (C=O) groups is 1. The van der Waals surface area contributed by atoms with Gasteiger partial charge in [0.25, 0.3) is 0 Å². The van der Waals surface area contributed by atoms with Gasteiger partial charge in [-0.05, 0) is 44.3 Å². The summed E-state index contributed by atoms with van der Waals surface area (Å²) in [6.45, 7) is 0. The number of Topliss-reactive ketones (excluding diaryl/α,β-unsaturated/α-hetero) is 1. The normalized spacial score (nSPS) is 23.5. The number of hydrogen-bond donors (Lipinski definition) is 0. The highest BCUT2D eigenvalue weighted by Crippen LogP contribution is 2.34.